The third-order valence-corrected chi connectivity index (χ3v) is 1.85. The smallest absolute Gasteiger partial charge is 0.378 e. The van der Waals surface area contributed by atoms with E-state index in [1.54, 1.807) is 0 Å². The summed E-state index contributed by atoms with van der Waals surface area (Å²) in [6.07, 6.45) is -2.44. The number of carboxylic acid groups (broad SMARTS) is 1. The molecule has 3 nitrogen and oxygen atoms in total. The fourth-order valence-electron chi connectivity index (χ4n) is 0.733. The third-order valence-electron chi connectivity index (χ3n) is 1.32. The molecule has 76 valence electrons. The van der Waals surface area contributed by atoms with Crippen molar-refractivity contribution in [2.24, 2.45) is 0 Å². The molecular formula is C8H5Cl2FO3. The van der Waals surface area contributed by atoms with Crippen molar-refractivity contribution >= 4 is 29.2 Å². The van der Waals surface area contributed by atoms with Crippen molar-refractivity contribution in [3.05, 3.63) is 28.2 Å². The third kappa shape index (κ3) is 2.75. The molecule has 0 heterocycles. The van der Waals surface area contributed by atoms with E-state index >= 15 is 0 Å². The highest BCUT2D eigenvalue weighted by Gasteiger charge is 2.18. The number of alkyl halides is 1. The van der Waals surface area contributed by atoms with Gasteiger partial charge in [0.1, 0.15) is 5.75 Å². The average molecular weight is 239 g/mol. The molecule has 0 aromatic heterocycles. The van der Waals surface area contributed by atoms with E-state index in [1.807, 2.05) is 0 Å². The SMILES string of the molecule is O=C(O)C(F)Oc1ccc(Cl)cc1Cl. The van der Waals surface area contributed by atoms with E-state index in [1.165, 1.54) is 18.2 Å². The van der Waals surface area contributed by atoms with Crippen LogP contribution in [0.2, 0.25) is 10.0 Å². The Bertz CT molecular complexity index is 356. The zero-order chi connectivity index (χ0) is 10.7. The van der Waals surface area contributed by atoms with Gasteiger partial charge in [0, 0.05) is 5.02 Å². The maximum atomic E-state index is 12.6. The molecule has 0 spiro atoms. The highest BCUT2D eigenvalue weighted by atomic mass is 35.5. The van der Waals surface area contributed by atoms with Gasteiger partial charge in [-0.05, 0) is 18.2 Å². The first kappa shape index (κ1) is 11.1. The Balaban J connectivity index is 2.82. The Morgan fingerprint density at radius 3 is 2.64 bits per heavy atom. The van der Waals surface area contributed by atoms with Crippen molar-refractivity contribution in [2.75, 3.05) is 0 Å². The molecule has 1 atom stereocenters. The quantitative estimate of drug-likeness (QED) is 0.881. The molecule has 0 fully saturated rings. The molecule has 0 bridgehead atoms. The molecule has 14 heavy (non-hydrogen) atoms. The summed E-state index contributed by atoms with van der Waals surface area (Å²) in [6, 6.07) is 4.03. The summed E-state index contributed by atoms with van der Waals surface area (Å²) < 4.78 is 17.0. The minimum absolute atomic E-state index is 0.0569. The van der Waals surface area contributed by atoms with Crippen LogP contribution in [0.5, 0.6) is 5.75 Å². The number of aliphatic carboxylic acids is 1. The number of hydrogen-bond donors (Lipinski definition) is 1. The number of ether oxygens (including phenoxy) is 1. The highest BCUT2D eigenvalue weighted by Crippen LogP contribution is 2.28. The number of halogens is 3. The number of hydrogen-bond acceptors (Lipinski definition) is 2. The van der Waals surface area contributed by atoms with Crippen molar-refractivity contribution in [1.82, 2.24) is 0 Å². The Morgan fingerprint density at radius 1 is 1.50 bits per heavy atom. The average Bonchev–Trinajstić information content (AvgIpc) is 2.09. The van der Waals surface area contributed by atoms with E-state index < -0.39 is 12.3 Å². The lowest BCUT2D eigenvalue weighted by molar-refractivity contribution is -0.153. The van der Waals surface area contributed by atoms with Gasteiger partial charge in [0.05, 0.1) is 5.02 Å². The maximum absolute atomic E-state index is 12.6. The van der Waals surface area contributed by atoms with E-state index in [0.29, 0.717) is 5.02 Å². The molecule has 0 radical (unpaired) electrons. The van der Waals surface area contributed by atoms with Gasteiger partial charge in [0.2, 0.25) is 0 Å². The van der Waals surface area contributed by atoms with E-state index in [-0.39, 0.29) is 10.8 Å². The van der Waals surface area contributed by atoms with Gasteiger partial charge in [0.15, 0.2) is 0 Å². The normalized spacial score (nSPS) is 12.2. The molecule has 0 aliphatic heterocycles. The topological polar surface area (TPSA) is 46.5 Å². The first-order chi connectivity index (χ1) is 6.50. The second-order valence-corrected chi connectivity index (χ2v) is 3.19. The van der Waals surface area contributed by atoms with Gasteiger partial charge in [-0.25, -0.2) is 4.79 Å². The highest BCUT2D eigenvalue weighted by molar-refractivity contribution is 6.35. The largest absolute Gasteiger partial charge is 0.476 e. The van der Waals surface area contributed by atoms with Crippen molar-refractivity contribution in [2.45, 2.75) is 6.36 Å². The first-order valence-corrected chi connectivity index (χ1v) is 4.25. The Morgan fingerprint density at radius 2 is 2.14 bits per heavy atom. The molecule has 1 unspecified atom stereocenters. The van der Waals surface area contributed by atoms with E-state index in [9.17, 15) is 9.18 Å². The lowest BCUT2D eigenvalue weighted by Gasteiger charge is -2.08. The maximum Gasteiger partial charge on any atom is 0.378 e. The molecule has 1 aromatic carbocycles. The fraction of sp³-hybridized carbons (Fsp3) is 0.125. The van der Waals surface area contributed by atoms with Crippen LogP contribution in [0.15, 0.2) is 18.2 Å². The number of benzene rings is 1. The molecular weight excluding hydrogens is 234 g/mol. The van der Waals surface area contributed by atoms with Gasteiger partial charge in [0.25, 0.3) is 0 Å². The second kappa shape index (κ2) is 4.48. The zero-order valence-electron chi connectivity index (χ0n) is 6.71. The van der Waals surface area contributed by atoms with Gasteiger partial charge >= 0.3 is 12.3 Å². The van der Waals surface area contributed by atoms with Crippen LogP contribution in [0.3, 0.4) is 0 Å². The summed E-state index contributed by atoms with van der Waals surface area (Å²) in [5, 5.41) is 8.63. The van der Waals surface area contributed by atoms with Crippen LogP contribution in [0.1, 0.15) is 0 Å². The van der Waals surface area contributed by atoms with Gasteiger partial charge in [-0.1, -0.05) is 23.2 Å². The number of carbonyl (C=O) groups is 1. The molecule has 1 rings (SSSR count). The number of carboxylic acids is 1. The van der Waals surface area contributed by atoms with E-state index in [2.05, 4.69) is 4.74 Å². The Labute approximate surface area is 89.0 Å². The predicted octanol–water partition coefficient (Wildman–Crippen LogP) is 2.75. The number of rotatable bonds is 3. The fourth-order valence-corrected chi connectivity index (χ4v) is 1.19. The second-order valence-electron chi connectivity index (χ2n) is 2.35. The van der Waals surface area contributed by atoms with Crippen LogP contribution in [-0.4, -0.2) is 17.4 Å². The molecule has 0 aliphatic carbocycles. The summed E-state index contributed by atoms with van der Waals surface area (Å²) in [7, 11) is 0. The first-order valence-electron chi connectivity index (χ1n) is 3.49. The van der Waals surface area contributed by atoms with Crippen LogP contribution < -0.4 is 4.74 Å². The molecule has 1 aromatic rings. The minimum atomic E-state index is -2.44. The summed E-state index contributed by atoms with van der Waals surface area (Å²) in [6.45, 7) is 0. The van der Waals surface area contributed by atoms with Crippen molar-refractivity contribution in [3.63, 3.8) is 0 Å². The molecule has 0 amide bonds. The lowest BCUT2D eigenvalue weighted by atomic mass is 10.3. The van der Waals surface area contributed by atoms with Crippen molar-refractivity contribution < 1.29 is 19.0 Å². The van der Waals surface area contributed by atoms with Gasteiger partial charge in [-0.15, -0.1) is 0 Å². The van der Waals surface area contributed by atoms with Crippen LogP contribution in [0.4, 0.5) is 4.39 Å². The van der Waals surface area contributed by atoms with Crippen LogP contribution in [-0.2, 0) is 4.79 Å². The Kier molecular flexibility index (Phi) is 3.55. The van der Waals surface area contributed by atoms with Crippen LogP contribution in [0.25, 0.3) is 0 Å². The summed E-state index contributed by atoms with van der Waals surface area (Å²) in [5.74, 6) is -1.78. The lowest BCUT2D eigenvalue weighted by Crippen LogP contribution is -2.21. The van der Waals surface area contributed by atoms with Gasteiger partial charge < -0.3 is 9.84 Å². The van der Waals surface area contributed by atoms with Gasteiger partial charge in [-0.3, -0.25) is 0 Å². The van der Waals surface area contributed by atoms with Crippen molar-refractivity contribution in [3.8, 4) is 5.75 Å². The molecule has 0 saturated heterocycles. The summed E-state index contributed by atoms with van der Waals surface area (Å²) in [5.41, 5.74) is 0. The van der Waals surface area contributed by atoms with Crippen LogP contribution >= 0.6 is 23.2 Å². The minimum Gasteiger partial charge on any atom is -0.476 e. The Hall–Kier alpha value is -1.000. The van der Waals surface area contributed by atoms with E-state index in [4.69, 9.17) is 28.3 Å². The van der Waals surface area contributed by atoms with E-state index in [0.717, 1.165) is 0 Å². The summed E-state index contributed by atoms with van der Waals surface area (Å²) >= 11 is 11.2. The van der Waals surface area contributed by atoms with Crippen molar-refractivity contribution in [1.29, 1.82) is 0 Å². The van der Waals surface area contributed by atoms with Gasteiger partial charge in [-0.2, -0.15) is 4.39 Å². The zero-order valence-corrected chi connectivity index (χ0v) is 8.22. The molecule has 6 heteroatoms. The summed E-state index contributed by atoms with van der Waals surface area (Å²) in [4.78, 5) is 10.1. The monoisotopic (exact) mass is 238 g/mol. The standard InChI is InChI=1S/C8H5Cl2FO3/c9-4-1-2-6(5(10)3-4)14-7(11)8(12)13/h1-3,7H,(H,12,13). The molecule has 0 aliphatic rings. The molecule has 0 saturated carbocycles. The predicted molar refractivity (Wildman–Crippen MR) is 49.6 cm³/mol. The van der Waals surface area contributed by atoms with Crippen LogP contribution in [0, 0.1) is 0 Å². The molecule has 1 N–H and O–H groups in total.